The number of aromatic nitrogens is 16. The second kappa shape index (κ2) is 36.9. The number of benzene rings is 7. The highest BCUT2D eigenvalue weighted by atomic mass is 19.1. The second-order valence-corrected chi connectivity index (χ2v) is 34.6. The predicted molar refractivity (Wildman–Crippen MR) is 471 cm³/mol. The van der Waals surface area contributed by atoms with Gasteiger partial charge in [-0.1, -0.05) is 93.6 Å². The highest BCUT2D eigenvalue weighted by molar-refractivity contribution is 5.96. The molecule has 122 heavy (non-hydrogen) atoms. The molecule has 12 heterocycles. The lowest BCUT2D eigenvalue weighted by atomic mass is 9.87. The molecule has 19 rings (SSSR count). The molecule has 0 bridgehead atoms. The van der Waals surface area contributed by atoms with E-state index in [1.54, 1.807) is 35.2 Å². The van der Waals surface area contributed by atoms with Crippen molar-refractivity contribution < 1.29 is 28.0 Å². The zero-order valence-electron chi connectivity index (χ0n) is 70.3. The summed E-state index contributed by atoms with van der Waals surface area (Å²) in [6, 6.07) is 48.6. The molecule has 24 nitrogen and oxygen atoms in total. The Balaban J connectivity index is 0.000000121. The van der Waals surface area contributed by atoms with Gasteiger partial charge in [-0.25, -0.2) is 8.78 Å². The summed E-state index contributed by atoms with van der Waals surface area (Å²) < 4.78 is 35.9. The van der Waals surface area contributed by atoms with E-state index >= 15 is 0 Å². The molecule has 628 valence electrons. The number of carbonyl (C=O) groups is 4. The van der Waals surface area contributed by atoms with Gasteiger partial charge in [0.25, 0.3) is 11.8 Å². The van der Waals surface area contributed by atoms with Crippen molar-refractivity contribution in [2.45, 2.75) is 163 Å². The number of carbonyl (C=O) groups excluding carboxylic acids is 4. The number of halogens is 2. The van der Waals surface area contributed by atoms with E-state index < -0.39 is 5.82 Å². The average Bonchev–Trinajstić information content (AvgIpc) is 1.76. The summed E-state index contributed by atoms with van der Waals surface area (Å²) in [5.74, 6) is 1.29. The fraction of sp³-hybridized carbons (Fsp3) is 0.354. The average molecular weight is 1640 g/mol. The molecule has 8 atom stereocenters. The van der Waals surface area contributed by atoms with Crippen LogP contribution in [0.1, 0.15) is 133 Å². The fourth-order valence-corrected chi connectivity index (χ4v) is 18.3. The van der Waals surface area contributed by atoms with Gasteiger partial charge in [0.05, 0.1) is 77.2 Å². The van der Waals surface area contributed by atoms with Gasteiger partial charge in [0, 0.05) is 163 Å². The Morgan fingerprint density at radius 2 is 0.746 bits per heavy atom. The quantitative estimate of drug-likeness (QED) is 0.0663. The number of nitrogens with zero attached hydrogens (tertiary/aromatic N) is 16. The SMILES string of the molecule is CC1CC(Cn2ncc3cc(-c4cn[nH]c4)ccc32)CCN1C(=O)C(C)(C)C.CC1CC(Cn2ncc3cc(-c4cn[nH]c4)ccc32)CCN1C(=O)CCc1ccccc1.CC1CC(Cn2ncc3cc(-c4cn[nH]c4)ccc32)CCN1C(=O)c1cccc(F)c1.CC1CC(Cn2ncc3cc(-c4cn[nH]c4)ccc32)CCN1C(=O)c1ccccc1F. The van der Waals surface area contributed by atoms with Crippen LogP contribution < -0.4 is 0 Å². The summed E-state index contributed by atoms with van der Waals surface area (Å²) in [5, 5.41) is 50.6. The fourth-order valence-electron chi connectivity index (χ4n) is 18.3. The zero-order chi connectivity index (χ0) is 84.5. The maximum absolute atomic E-state index is 14.1. The molecule has 4 fully saturated rings. The summed E-state index contributed by atoms with van der Waals surface area (Å²) in [4.78, 5) is 58.9. The van der Waals surface area contributed by atoms with E-state index in [2.05, 4.69) is 195 Å². The molecule has 7 aromatic carbocycles. The van der Waals surface area contributed by atoms with Crippen LogP contribution in [0.4, 0.5) is 8.78 Å². The van der Waals surface area contributed by atoms with Gasteiger partial charge in [0.2, 0.25) is 11.8 Å². The Kier molecular flexibility index (Phi) is 25.0. The summed E-state index contributed by atoms with van der Waals surface area (Å²) in [6.07, 6.45) is 31.6. The molecule has 8 unspecified atom stereocenters. The van der Waals surface area contributed by atoms with Crippen molar-refractivity contribution in [1.29, 1.82) is 0 Å². The largest absolute Gasteiger partial charge is 0.340 e. The first-order valence-electron chi connectivity index (χ1n) is 42.7. The standard InChI is InChI=1S/C26H29N5O.2C24H24FN5O.C22H29N5O/c1-19-13-21(11-12-30(19)26(32)10-7-20-5-3-2-4-6-20)18-31-25-9-8-22(14-23(25)17-29-31)24-15-27-28-16-24;1-16-9-17(7-8-29(16)24(31)19-3-2-4-22(25)11-19)15-30-23-6-5-18(10-20(23)14-28-30)21-12-26-27-13-21;1-16-10-17(8-9-29(16)24(31)21-4-2-3-5-22(21)25)15-30-23-7-6-18(11-19(23)14-28-30)20-12-26-27-13-20;1-15-9-16(7-8-26(15)21(28)22(2,3)4)14-27-20-6-5-17(10-18(20)13-25-27)19-11-23-24-12-19/h2-6,8-9,14-17,19,21H,7,10-13,18H2,1H3,(H,27,28);2-6,10-14,16-17H,7-9,15H2,1H3,(H,26,27);2-7,11-14,16-17H,8-10,15H2,1H3,(H,26,27);5-6,10-13,15-16H,7-9,14H2,1-4H3,(H,23,24). The van der Waals surface area contributed by atoms with E-state index in [9.17, 15) is 28.0 Å². The Morgan fingerprint density at radius 3 is 1.10 bits per heavy atom. The molecule has 0 aliphatic carbocycles. The molecule has 0 radical (unpaired) electrons. The number of H-pyrrole nitrogens is 4. The number of hydrogen-bond donors (Lipinski definition) is 4. The summed E-state index contributed by atoms with van der Waals surface area (Å²) in [7, 11) is 0. The third-order valence-electron chi connectivity index (χ3n) is 24.9. The van der Waals surface area contributed by atoms with Crippen molar-refractivity contribution in [1.82, 2.24) is 99.5 Å². The summed E-state index contributed by atoms with van der Waals surface area (Å²) in [5.41, 5.74) is 14.8. The molecule has 0 spiro atoms. The van der Waals surface area contributed by atoms with Crippen molar-refractivity contribution in [2.75, 3.05) is 26.2 Å². The van der Waals surface area contributed by atoms with Gasteiger partial charge in [-0.15, -0.1) is 0 Å². The lowest BCUT2D eigenvalue weighted by Gasteiger charge is -2.40. The van der Waals surface area contributed by atoms with Crippen molar-refractivity contribution >= 4 is 67.2 Å². The van der Waals surface area contributed by atoms with Crippen LogP contribution in [0, 0.1) is 40.7 Å². The first kappa shape index (κ1) is 82.7. The van der Waals surface area contributed by atoms with E-state index in [1.807, 2.05) is 125 Å². The molecule has 4 aliphatic heterocycles. The van der Waals surface area contributed by atoms with Gasteiger partial charge in [-0.3, -0.25) is 58.3 Å². The molecular formula is C96H106F2N20O4. The molecule has 8 aromatic heterocycles. The number of fused-ring (bicyclic) bond motifs is 4. The summed E-state index contributed by atoms with van der Waals surface area (Å²) in [6.45, 7) is 20.9. The molecule has 4 amide bonds. The number of aromatic amines is 4. The Bertz CT molecular complexity index is 6050. The van der Waals surface area contributed by atoms with Crippen LogP contribution >= 0.6 is 0 Å². The number of aryl methyl sites for hydroxylation is 1. The number of piperidine rings is 4. The summed E-state index contributed by atoms with van der Waals surface area (Å²) >= 11 is 0. The minimum absolute atomic E-state index is 0.0559. The van der Waals surface area contributed by atoms with E-state index in [0.29, 0.717) is 48.7 Å². The minimum atomic E-state index is -0.459. The normalized spacial score (nSPS) is 19.4. The number of rotatable bonds is 17. The van der Waals surface area contributed by atoms with E-state index in [1.165, 1.54) is 23.8 Å². The molecule has 4 saturated heterocycles. The lowest BCUT2D eigenvalue weighted by molar-refractivity contribution is -0.143. The Hall–Kier alpha value is -13.0. The zero-order valence-corrected chi connectivity index (χ0v) is 70.3. The Labute approximate surface area is 708 Å². The van der Waals surface area contributed by atoms with E-state index in [4.69, 9.17) is 0 Å². The van der Waals surface area contributed by atoms with Crippen LogP contribution in [0.15, 0.2) is 226 Å². The topological polar surface area (TPSA) is 267 Å². The van der Waals surface area contributed by atoms with Crippen LogP contribution in [0.25, 0.3) is 88.1 Å². The van der Waals surface area contributed by atoms with Gasteiger partial charge in [-0.2, -0.15) is 40.8 Å². The second-order valence-electron chi connectivity index (χ2n) is 34.6. The molecule has 4 aliphatic rings. The van der Waals surface area contributed by atoms with Gasteiger partial charge in [0.1, 0.15) is 11.6 Å². The van der Waals surface area contributed by atoms with Crippen LogP contribution in [-0.4, -0.2) is 173 Å². The maximum Gasteiger partial charge on any atom is 0.257 e. The third-order valence-corrected chi connectivity index (χ3v) is 24.9. The first-order valence-corrected chi connectivity index (χ1v) is 42.7. The molecule has 4 N–H and O–H groups in total. The Morgan fingerprint density at radius 1 is 0.385 bits per heavy atom. The van der Waals surface area contributed by atoms with Crippen LogP contribution in [0.3, 0.4) is 0 Å². The monoisotopic (exact) mass is 1640 g/mol. The number of hydrogen-bond acceptors (Lipinski definition) is 12. The van der Waals surface area contributed by atoms with E-state index in [0.717, 1.165) is 185 Å². The van der Waals surface area contributed by atoms with Crippen molar-refractivity contribution in [3.63, 3.8) is 0 Å². The smallest absolute Gasteiger partial charge is 0.257 e. The van der Waals surface area contributed by atoms with Crippen LogP contribution in [0.2, 0.25) is 0 Å². The van der Waals surface area contributed by atoms with Crippen molar-refractivity contribution in [2.24, 2.45) is 29.1 Å². The van der Waals surface area contributed by atoms with Crippen LogP contribution in [-0.2, 0) is 42.2 Å². The van der Waals surface area contributed by atoms with Crippen molar-refractivity contribution in [3.05, 3.63) is 254 Å². The lowest BCUT2D eigenvalue weighted by Crippen LogP contribution is -2.49. The minimum Gasteiger partial charge on any atom is -0.340 e. The molecule has 0 saturated carbocycles. The first-order chi connectivity index (χ1) is 59.2. The van der Waals surface area contributed by atoms with Gasteiger partial charge in [0.15, 0.2) is 0 Å². The molecule has 15 aromatic rings. The maximum atomic E-state index is 14.1. The van der Waals surface area contributed by atoms with Gasteiger partial charge in [-0.05, 0) is 216 Å². The van der Waals surface area contributed by atoms with E-state index in [-0.39, 0.29) is 64.6 Å². The number of likely N-dealkylation sites (tertiary alicyclic amines) is 4. The third kappa shape index (κ3) is 19.1. The highest BCUT2D eigenvalue weighted by Gasteiger charge is 2.37. The van der Waals surface area contributed by atoms with Crippen LogP contribution in [0.5, 0.6) is 0 Å². The highest BCUT2D eigenvalue weighted by Crippen LogP contribution is 2.36. The van der Waals surface area contributed by atoms with Crippen molar-refractivity contribution in [3.8, 4) is 44.5 Å². The molecular weight excluding hydrogens is 1540 g/mol. The van der Waals surface area contributed by atoms with Gasteiger partial charge < -0.3 is 19.6 Å². The predicted octanol–water partition coefficient (Wildman–Crippen LogP) is 17.8. The van der Waals surface area contributed by atoms with Gasteiger partial charge >= 0.3 is 0 Å². The molecule has 26 heteroatoms. The number of amides is 4. The number of nitrogens with one attached hydrogen (secondary N) is 4.